The maximum Gasteiger partial charge on any atom is 0.145 e. The van der Waals surface area contributed by atoms with Crippen LogP contribution >= 0.6 is 0 Å². The molecule has 1 heterocycles. The highest BCUT2D eigenvalue weighted by Gasteiger charge is 2.13. The molecular formula is C13H15NO. The molecule has 1 aliphatic rings. The first-order valence-electron chi connectivity index (χ1n) is 5.31. The first-order valence-corrected chi connectivity index (χ1v) is 5.31. The third-order valence-corrected chi connectivity index (χ3v) is 2.57. The quantitative estimate of drug-likeness (QED) is 0.673. The Kier molecular flexibility index (Phi) is 3.18. The number of benzene rings is 1. The van der Waals surface area contributed by atoms with Crippen molar-refractivity contribution in [3.8, 4) is 0 Å². The van der Waals surface area contributed by atoms with Crippen LogP contribution in [0.2, 0.25) is 0 Å². The molecule has 0 aliphatic carbocycles. The lowest BCUT2D eigenvalue weighted by atomic mass is 10.0. The average molecular weight is 201 g/mol. The lowest BCUT2D eigenvalue weighted by Crippen LogP contribution is -2.03. The Hall–Kier alpha value is -1.57. The van der Waals surface area contributed by atoms with Crippen LogP contribution in [0, 0.1) is 0 Å². The Morgan fingerprint density at radius 1 is 1.33 bits per heavy atom. The predicted molar refractivity (Wildman–Crippen MR) is 61.9 cm³/mol. The standard InChI is InChI=1S/C13H15NO/c1-2-12-9-6-10-13(14-15-12)11-7-4-3-5-8-11/h2-5,7-8,12H,1,6,9-10H2/t12-/m0/s1. The van der Waals surface area contributed by atoms with Gasteiger partial charge in [-0.3, -0.25) is 0 Å². The van der Waals surface area contributed by atoms with E-state index in [4.69, 9.17) is 4.84 Å². The van der Waals surface area contributed by atoms with E-state index in [0.717, 1.165) is 30.5 Å². The monoisotopic (exact) mass is 201 g/mol. The van der Waals surface area contributed by atoms with Gasteiger partial charge in [0.05, 0.1) is 5.71 Å². The van der Waals surface area contributed by atoms with Crippen LogP contribution in [0.25, 0.3) is 0 Å². The molecule has 78 valence electrons. The Morgan fingerprint density at radius 3 is 2.87 bits per heavy atom. The molecule has 1 atom stereocenters. The van der Waals surface area contributed by atoms with E-state index < -0.39 is 0 Å². The second-order valence-electron chi connectivity index (χ2n) is 3.68. The van der Waals surface area contributed by atoms with E-state index in [9.17, 15) is 0 Å². The minimum atomic E-state index is 0.0752. The van der Waals surface area contributed by atoms with Gasteiger partial charge >= 0.3 is 0 Å². The number of nitrogens with zero attached hydrogens (tertiary/aromatic N) is 1. The first-order chi connectivity index (χ1) is 7.40. The summed E-state index contributed by atoms with van der Waals surface area (Å²) >= 11 is 0. The summed E-state index contributed by atoms with van der Waals surface area (Å²) in [5.74, 6) is 0. The Balaban J connectivity index is 2.16. The minimum absolute atomic E-state index is 0.0752. The van der Waals surface area contributed by atoms with Crippen LogP contribution in [0.3, 0.4) is 0 Å². The third kappa shape index (κ3) is 2.46. The maximum absolute atomic E-state index is 5.39. The summed E-state index contributed by atoms with van der Waals surface area (Å²) in [6, 6.07) is 10.2. The van der Waals surface area contributed by atoms with Crippen molar-refractivity contribution in [1.82, 2.24) is 0 Å². The molecule has 15 heavy (non-hydrogen) atoms. The molecule has 0 radical (unpaired) electrons. The summed E-state index contributed by atoms with van der Waals surface area (Å²) in [5, 5.41) is 4.19. The van der Waals surface area contributed by atoms with Gasteiger partial charge in [0.15, 0.2) is 0 Å². The van der Waals surface area contributed by atoms with E-state index in [1.54, 1.807) is 0 Å². The SMILES string of the molecule is C=C[C@H]1CCCC(c2ccccc2)=NO1. The molecule has 1 aromatic rings. The molecule has 0 amide bonds. The molecule has 0 aromatic heterocycles. The average Bonchev–Trinajstić information content (AvgIpc) is 2.55. The zero-order valence-electron chi connectivity index (χ0n) is 8.73. The highest BCUT2D eigenvalue weighted by Crippen LogP contribution is 2.16. The van der Waals surface area contributed by atoms with Crippen molar-refractivity contribution in [1.29, 1.82) is 0 Å². The van der Waals surface area contributed by atoms with Crippen molar-refractivity contribution in [2.45, 2.75) is 25.4 Å². The Labute approximate surface area is 90.3 Å². The van der Waals surface area contributed by atoms with Crippen LogP contribution in [-0.4, -0.2) is 11.8 Å². The molecule has 1 aromatic carbocycles. The first kappa shape index (κ1) is 9.97. The maximum atomic E-state index is 5.39. The van der Waals surface area contributed by atoms with Gasteiger partial charge in [0, 0.05) is 0 Å². The number of oxime groups is 1. The van der Waals surface area contributed by atoms with E-state index in [2.05, 4.69) is 23.9 Å². The smallest absolute Gasteiger partial charge is 0.145 e. The zero-order valence-corrected chi connectivity index (χ0v) is 8.73. The second kappa shape index (κ2) is 4.78. The van der Waals surface area contributed by atoms with Gasteiger partial charge in [0.25, 0.3) is 0 Å². The lowest BCUT2D eigenvalue weighted by molar-refractivity contribution is 0.0909. The number of hydrogen-bond acceptors (Lipinski definition) is 2. The van der Waals surface area contributed by atoms with Gasteiger partial charge in [0.1, 0.15) is 6.10 Å². The Morgan fingerprint density at radius 2 is 2.13 bits per heavy atom. The van der Waals surface area contributed by atoms with Gasteiger partial charge in [0.2, 0.25) is 0 Å². The van der Waals surface area contributed by atoms with E-state index in [1.165, 1.54) is 0 Å². The van der Waals surface area contributed by atoms with Crippen molar-refractivity contribution in [2.75, 3.05) is 0 Å². The Bertz CT molecular complexity index is 356. The molecule has 0 saturated carbocycles. The second-order valence-corrected chi connectivity index (χ2v) is 3.68. The largest absolute Gasteiger partial charge is 0.388 e. The van der Waals surface area contributed by atoms with Crippen molar-refractivity contribution in [2.24, 2.45) is 5.16 Å². The molecule has 0 saturated heterocycles. The van der Waals surface area contributed by atoms with E-state index in [-0.39, 0.29) is 6.10 Å². The molecule has 0 fully saturated rings. The van der Waals surface area contributed by atoms with Crippen molar-refractivity contribution in [3.05, 3.63) is 48.6 Å². The van der Waals surface area contributed by atoms with Gasteiger partial charge in [-0.05, 0) is 30.9 Å². The summed E-state index contributed by atoms with van der Waals surface area (Å²) in [4.78, 5) is 5.39. The summed E-state index contributed by atoms with van der Waals surface area (Å²) in [7, 11) is 0. The van der Waals surface area contributed by atoms with Crippen LogP contribution in [0.15, 0.2) is 48.1 Å². The van der Waals surface area contributed by atoms with Crippen molar-refractivity contribution in [3.63, 3.8) is 0 Å². The number of rotatable bonds is 2. The lowest BCUT2D eigenvalue weighted by Gasteiger charge is -2.05. The highest BCUT2D eigenvalue weighted by atomic mass is 16.6. The third-order valence-electron chi connectivity index (χ3n) is 2.57. The molecule has 0 N–H and O–H groups in total. The van der Waals surface area contributed by atoms with Crippen LogP contribution in [-0.2, 0) is 4.84 Å². The topological polar surface area (TPSA) is 21.6 Å². The minimum Gasteiger partial charge on any atom is -0.388 e. The molecule has 2 heteroatoms. The summed E-state index contributed by atoms with van der Waals surface area (Å²) in [6.45, 7) is 3.73. The fourth-order valence-corrected chi connectivity index (χ4v) is 1.69. The number of hydrogen-bond donors (Lipinski definition) is 0. The molecule has 0 spiro atoms. The van der Waals surface area contributed by atoms with Crippen LogP contribution in [0.1, 0.15) is 24.8 Å². The van der Waals surface area contributed by atoms with Crippen molar-refractivity contribution < 1.29 is 4.84 Å². The molecular weight excluding hydrogens is 186 g/mol. The van der Waals surface area contributed by atoms with Gasteiger partial charge in [-0.25, -0.2) is 0 Å². The molecule has 1 aliphatic heterocycles. The highest BCUT2D eigenvalue weighted by molar-refractivity contribution is 6.00. The summed E-state index contributed by atoms with van der Waals surface area (Å²) in [5.41, 5.74) is 2.20. The molecule has 0 unspecified atom stereocenters. The molecule has 2 rings (SSSR count). The van der Waals surface area contributed by atoms with Crippen LogP contribution < -0.4 is 0 Å². The van der Waals surface area contributed by atoms with Gasteiger partial charge in [-0.1, -0.05) is 42.1 Å². The van der Waals surface area contributed by atoms with Crippen LogP contribution in [0.5, 0.6) is 0 Å². The summed E-state index contributed by atoms with van der Waals surface area (Å²) in [6.07, 6.45) is 4.98. The van der Waals surface area contributed by atoms with E-state index in [1.807, 2.05) is 24.3 Å². The van der Waals surface area contributed by atoms with Gasteiger partial charge < -0.3 is 4.84 Å². The van der Waals surface area contributed by atoms with Crippen molar-refractivity contribution >= 4 is 5.71 Å². The molecule has 2 nitrogen and oxygen atoms in total. The normalized spacial score (nSPS) is 21.1. The van der Waals surface area contributed by atoms with Gasteiger partial charge in [-0.15, -0.1) is 0 Å². The fraction of sp³-hybridized carbons (Fsp3) is 0.308. The van der Waals surface area contributed by atoms with Crippen LogP contribution in [0.4, 0.5) is 0 Å². The predicted octanol–water partition coefficient (Wildman–Crippen LogP) is 3.15. The fourth-order valence-electron chi connectivity index (χ4n) is 1.69. The van der Waals surface area contributed by atoms with E-state index in [0.29, 0.717) is 0 Å². The zero-order chi connectivity index (χ0) is 10.5. The van der Waals surface area contributed by atoms with E-state index >= 15 is 0 Å². The van der Waals surface area contributed by atoms with Gasteiger partial charge in [-0.2, -0.15) is 0 Å². The summed E-state index contributed by atoms with van der Waals surface area (Å²) < 4.78 is 0. The molecule has 0 bridgehead atoms.